The van der Waals surface area contributed by atoms with Crippen molar-refractivity contribution in [3.63, 3.8) is 0 Å². The van der Waals surface area contributed by atoms with Crippen LogP contribution in [-0.4, -0.2) is 56.4 Å². The summed E-state index contributed by atoms with van der Waals surface area (Å²) in [6.45, 7) is 6.81. The molecule has 0 aliphatic carbocycles. The van der Waals surface area contributed by atoms with E-state index in [0.717, 1.165) is 50.1 Å². The van der Waals surface area contributed by atoms with Gasteiger partial charge in [0.2, 0.25) is 0 Å². The summed E-state index contributed by atoms with van der Waals surface area (Å²) in [7, 11) is 0. The molecule has 0 bridgehead atoms. The van der Waals surface area contributed by atoms with Crippen molar-refractivity contribution in [1.29, 1.82) is 0 Å². The van der Waals surface area contributed by atoms with Crippen molar-refractivity contribution in [2.75, 3.05) is 44.2 Å². The van der Waals surface area contributed by atoms with Gasteiger partial charge in [0, 0.05) is 49.5 Å². The third-order valence-corrected chi connectivity index (χ3v) is 5.47. The molecule has 0 spiro atoms. The lowest BCUT2D eigenvalue weighted by atomic mass is 10.2. The minimum absolute atomic E-state index is 0.0344. The Morgan fingerprint density at radius 3 is 2.78 bits per heavy atom. The van der Waals surface area contributed by atoms with Crippen LogP contribution in [0.5, 0.6) is 0 Å². The minimum Gasteiger partial charge on any atom is -0.376 e. The molecule has 6 heteroatoms. The first-order chi connectivity index (χ1) is 11.1. The van der Waals surface area contributed by atoms with Gasteiger partial charge in [0.05, 0.1) is 6.10 Å². The van der Waals surface area contributed by atoms with Crippen LogP contribution in [0.15, 0.2) is 22.7 Å². The molecule has 0 aromatic heterocycles. The number of piperazine rings is 1. The highest BCUT2D eigenvalue weighted by Crippen LogP contribution is 2.23. The minimum atomic E-state index is 0.0344. The van der Waals surface area contributed by atoms with E-state index in [1.807, 2.05) is 4.90 Å². The average molecular weight is 382 g/mol. The number of carbonyl (C=O) groups excluding carboxylic acids is 1. The van der Waals surface area contributed by atoms with E-state index < -0.39 is 0 Å². The normalized spacial score (nSPS) is 21.6. The molecule has 2 fully saturated rings. The number of anilines is 1. The largest absolute Gasteiger partial charge is 0.376 e. The summed E-state index contributed by atoms with van der Waals surface area (Å²) < 4.78 is 6.67. The fraction of sp³-hybridized carbons (Fsp3) is 0.588. The number of benzene rings is 1. The van der Waals surface area contributed by atoms with Crippen molar-refractivity contribution in [3.05, 3.63) is 28.2 Å². The van der Waals surface area contributed by atoms with Gasteiger partial charge in [0.1, 0.15) is 0 Å². The van der Waals surface area contributed by atoms with Crippen LogP contribution in [0.4, 0.5) is 10.5 Å². The van der Waals surface area contributed by atoms with E-state index in [1.165, 1.54) is 11.3 Å². The number of halogens is 1. The maximum Gasteiger partial charge on any atom is 0.317 e. The predicted molar refractivity (Wildman–Crippen MR) is 95.0 cm³/mol. The molecule has 2 heterocycles. The lowest BCUT2D eigenvalue weighted by molar-refractivity contribution is 0.108. The summed E-state index contributed by atoms with van der Waals surface area (Å²) in [4.78, 5) is 16.5. The number of hydrogen-bond acceptors (Lipinski definition) is 3. The molecule has 3 rings (SSSR count). The van der Waals surface area contributed by atoms with E-state index >= 15 is 0 Å². The van der Waals surface area contributed by atoms with Crippen LogP contribution in [0.2, 0.25) is 0 Å². The Hall–Kier alpha value is -1.27. The van der Waals surface area contributed by atoms with Crippen molar-refractivity contribution in [2.45, 2.75) is 25.9 Å². The van der Waals surface area contributed by atoms with Gasteiger partial charge in [-0.3, -0.25) is 0 Å². The van der Waals surface area contributed by atoms with Crippen LogP contribution in [0.25, 0.3) is 0 Å². The van der Waals surface area contributed by atoms with E-state index in [4.69, 9.17) is 4.74 Å². The third kappa shape index (κ3) is 4.18. The topological polar surface area (TPSA) is 44.8 Å². The Morgan fingerprint density at radius 1 is 1.35 bits per heavy atom. The van der Waals surface area contributed by atoms with E-state index in [0.29, 0.717) is 6.54 Å². The number of urea groups is 1. The van der Waals surface area contributed by atoms with Gasteiger partial charge in [0.15, 0.2) is 0 Å². The number of aryl methyl sites for hydroxylation is 1. The Morgan fingerprint density at radius 2 is 2.13 bits per heavy atom. The van der Waals surface area contributed by atoms with Crippen molar-refractivity contribution in [2.24, 2.45) is 0 Å². The second-order valence-electron chi connectivity index (χ2n) is 6.23. The highest BCUT2D eigenvalue weighted by molar-refractivity contribution is 9.10. The van der Waals surface area contributed by atoms with Gasteiger partial charge < -0.3 is 19.9 Å². The maximum atomic E-state index is 12.2. The molecule has 23 heavy (non-hydrogen) atoms. The number of rotatable bonds is 3. The number of hydrogen-bond donors (Lipinski definition) is 1. The summed E-state index contributed by atoms with van der Waals surface area (Å²) >= 11 is 3.54. The first-order valence-corrected chi connectivity index (χ1v) is 9.08. The lowest BCUT2D eigenvalue weighted by Crippen LogP contribution is -2.52. The van der Waals surface area contributed by atoms with Crippen LogP contribution in [0.1, 0.15) is 18.4 Å². The molecule has 0 radical (unpaired) electrons. The molecule has 1 unspecified atom stereocenters. The number of amides is 2. The molecular formula is C17H24BrN3O2. The summed E-state index contributed by atoms with van der Waals surface area (Å²) in [5.41, 5.74) is 2.46. The van der Waals surface area contributed by atoms with Gasteiger partial charge in [-0.2, -0.15) is 0 Å². The highest BCUT2D eigenvalue weighted by atomic mass is 79.9. The van der Waals surface area contributed by atoms with Crippen LogP contribution in [0.3, 0.4) is 0 Å². The van der Waals surface area contributed by atoms with Gasteiger partial charge in [0.25, 0.3) is 0 Å². The molecule has 1 aromatic rings. The van der Waals surface area contributed by atoms with Gasteiger partial charge in [-0.15, -0.1) is 0 Å². The second kappa shape index (κ2) is 7.53. The number of nitrogens with one attached hydrogen (secondary N) is 1. The lowest BCUT2D eigenvalue weighted by Gasteiger charge is -2.36. The van der Waals surface area contributed by atoms with Crippen molar-refractivity contribution in [3.8, 4) is 0 Å². The summed E-state index contributed by atoms with van der Waals surface area (Å²) in [6.07, 6.45) is 2.36. The molecule has 5 nitrogen and oxygen atoms in total. The maximum absolute atomic E-state index is 12.2. The SMILES string of the molecule is Cc1cc(N2CCN(C(=O)NCC3CCCO3)CC2)ccc1Br. The molecule has 2 aliphatic heterocycles. The van der Waals surface area contributed by atoms with E-state index in [9.17, 15) is 4.79 Å². The highest BCUT2D eigenvalue weighted by Gasteiger charge is 2.23. The van der Waals surface area contributed by atoms with Crippen LogP contribution in [-0.2, 0) is 4.74 Å². The molecule has 2 saturated heterocycles. The third-order valence-electron chi connectivity index (χ3n) is 4.58. The smallest absolute Gasteiger partial charge is 0.317 e. The summed E-state index contributed by atoms with van der Waals surface area (Å²) in [5, 5.41) is 3.00. The van der Waals surface area contributed by atoms with Gasteiger partial charge in [-0.25, -0.2) is 4.79 Å². The zero-order valence-electron chi connectivity index (χ0n) is 13.6. The van der Waals surface area contributed by atoms with Crippen molar-refractivity contribution < 1.29 is 9.53 Å². The Kier molecular flexibility index (Phi) is 5.43. The van der Waals surface area contributed by atoms with Crippen molar-refractivity contribution >= 4 is 27.6 Å². The van der Waals surface area contributed by atoms with Crippen LogP contribution >= 0.6 is 15.9 Å². The molecule has 2 aliphatic rings. The second-order valence-corrected chi connectivity index (χ2v) is 7.08. The molecular weight excluding hydrogens is 358 g/mol. The van der Waals surface area contributed by atoms with E-state index in [-0.39, 0.29) is 12.1 Å². The first kappa shape index (κ1) is 16.6. The van der Waals surface area contributed by atoms with Gasteiger partial charge >= 0.3 is 6.03 Å². The van der Waals surface area contributed by atoms with E-state index in [2.05, 4.69) is 51.3 Å². The fourth-order valence-electron chi connectivity index (χ4n) is 3.11. The monoisotopic (exact) mass is 381 g/mol. The molecule has 1 N–H and O–H groups in total. The van der Waals surface area contributed by atoms with Gasteiger partial charge in [-0.05, 0) is 43.5 Å². The Bertz CT molecular complexity index is 553. The van der Waals surface area contributed by atoms with Crippen LogP contribution in [0, 0.1) is 6.92 Å². The number of carbonyl (C=O) groups is 1. The Balaban J connectivity index is 1.47. The summed E-state index contributed by atoms with van der Waals surface area (Å²) in [5.74, 6) is 0. The fourth-order valence-corrected chi connectivity index (χ4v) is 3.36. The molecule has 2 amide bonds. The summed E-state index contributed by atoms with van der Waals surface area (Å²) in [6, 6.07) is 6.44. The predicted octanol–water partition coefficient (Wildman–Crippen LogP) is 2.77. The zero-order valence-corrected chi connectivity index (χ0v) is 15.1. The first-order valence-electron chi connectivity index (χ1n) is 8.29. The molecule has 1 aromatic carbocycles. The molecule has 0 saturated carbocycles. The Labute approximate surface area is 146 Å². The quantitative estimate of drug-likeness (QED) is 0.875. The molecule has 1 atom stereocenters. The van der Waals surface area contributed by atoms with Crippen molar-refractivity contribution in [1.82, 2.24) is 10.2 Å². The zero-order chi connectivity index (χ0) is 16.2. The van der Waals surface area contributed by atoms with Crippen LogP contribution < -0.4 is 10.2 Å². The standard InChI is InChI=1S/C17H24BrN3O2/c1-13-11-14(4-5-16(13)18)20-6-8-21(9-7-20)17(22)19-12-15-3-2-10-23-15/h4-5,11,15H,2-3,6-10,12H2,1H3,(H,19,22). The number of ether oxygens (including phenoxy) is 1. The molecule has 126 valence electrons. The van der Waals surface area contributed by atoms with E-state index in [1.54, 1.807) is 0 Å². The average Bonchev–Trinajstić information content (AvgIpc) is 3.09. The number of nitrogens with zero attached hydrogens (tertiary/aromatic N) is 2. The van der Waals surface area contributed by atoms with Gasteiger partial charge in [-0.1, -0.05) is 15.9 Å².